The Morgan fingerprint density at radius 3 is 2.67 bits per heavy atom. The summed E-state index contributed by atoms with van der Waals surface area (Å²) in [6, 6.07) is 0. The van der Waals surface area contributed by atoms with Gasteiger partial charge in [0.1, 0.15) is 6.10 Å². The van der Waals surface area contributed by atoms with E-state index < -0.39 is 6.10 Å². The van der Waals surface area contributed by atoms with Crippen molar-refractivity contribution in [2.45, 2.75) is 25.9 Å². The second-order valence-corrected chi connectivity index (χ2v) is 2.03. The van der Waals surface area contributed by atoms with Crippen molar-refractivity contribution >= 4 is 5.78 Å². The fourth-order valence-electron chi connectivity index (χ4n) is 0.485. The zero-order valence-electron chi connectivity index (χ0n) is 5.63. The molecule has 1 unspecified atom stereocenters. The van der Waals surface area contributed by atoms with Crippen LogP contribution in [0.3, 0.4) is 0 Å². The Labute approximate surface area is 54.9 Å². The number of Topliss-reactive ketones (excluding diaryl/α,β-unsaturated/α-hetero) is 1. The van der Waals surface area contributed by atoms with Gasteiger partial charge < -0.3 is 10.8 Å². The lowest BCUT2D eigenvalue weighted by molar-refractivity contribution is -0.126. The zero-order valence-corrected chi connectivity index (χ0v) is 5.63. The third-order valence-corrected chi connectivity index (χ3v) is 1.09. The number of aliphatic hydroxyl groups is 1. The van der Waals surface area contributed by atoms with E-state index in [2.05, 4.69) is 0 Å². The fraction of sp³-hybridized carbons (Fsp3) is 0.833. The predicted molar refractivity (Wildman–Crippen MR) is 35.0 cm³/mol. The Balaban J connectivity index is 3.28. The van der Waals surface area contributed by atoms with Crippen molar-refractivity contribution in [3.8, 4) is 0 Å². The van der Waals surface area contributed by atoms with Gasteiger partial charge in [-0.1, -0.05) is 0 Å². The molecule has 0 radical (unpaired) electrons. The molecule has 0 spiro atoms. The highest BCUT2D eigenvalue weighted by atomic mass is 16.3. The maximum absolute atomic E-state index is 10.6. The van der Waals surface area contributed by atoms with Crippen molar-refractivity contribution in [1.82, 2.24) is 0 Å². The molecular formula is C6H13NO2. The first-order valence-corrected chi connectivity index (χ1v) is 3.09. The summed E-state index contributed by atoms with van der Waals surface area (Å²) in [5, 5.41) is 8.66. The summed E-state index contributed by atoms with van der Waals surface area (Å²) in [4.78, 5) is 10.6. The first-order chi connectivity index (χ1) is 4.18. The van der Waals surface area contributed by atoms with Crippen LogP contribution in [0.4, 0.5) is 0 Å². The molecule has 0 saturated carbocycles. The van der Waals surface area contributed by atoms with Gasteiger partial charge in [-0.15, -0.1) is 0 Å². The normalized spacial score (nSPS) is 13.2. The minimum atomic E-state index is -0.823. The highest BCUT2D eigenvalue weighted by Crippen LogP contribution is 1.92. The summed E-state index contributed by atoms with van der Waals surface area (Å²) in [5.41, 5.74) is 5.14. The van der Waals surface area contributed by atoms with Crippen molar-refractivity contribution in [1.29, 1.82) is 0 Å². The van der Waals surface area contributed by atoms with Crippen LogP contribution < -0.4 is 5.73 Å². The van der Waals surface area contributed by atoms with E-state index in [-0.39, 0.29) is 5.78 Å². The number of rotatable bonds is 4. The molecule has 0 fully saturated rings. The number of hydrogen-bond donors (Lipinski definition) is 2. The molecule has 3 heteroatoms. The number of nitrogens with two attached hydrogens (primary N) is 1. The van der Waals surface area contributed by atoms with Crippen molar-refractivity contribution in [2.24, 2.45) is 5.73 Å². The molecule has 0 aromatic rings. The van der Waals surface area contributed by atoms with Gasteiger partial charge in [0, 0.05) is 6.42 Å². The van der Waals surface area contributed by atoms with E-state index in [0.717, 1.165) is 0 Å². The van der Waals surface area contributed by atoms with Gasteiger partial charge >= 0.3 is 0 Å². The third kappa shape index (κ3) is 4.12. The fourth-order valence-corrected chi connectivity index (χ4v) is 0.485. The van der Waals surface area contributed by atoms with Gasteiger partial charge in [-0.3, -0.25) is 4.79 Å². The number of hydrogen-bond acceptors (Lipinski definition) is 3. The maximum atomic E-state index is 10.6. The molecule has 54 valence electrons. The predicted octanol–water partition coefficient (Wildman–Crippen LogP) is -0.325. The summed E-state index contributed by atoms with van der Waals surface area (Å²) in [7, 11) is 0. The number of ketones is 1. The van der Waals surface area contributed by atoms with E-state index >= 15 is 0 Å². The lowest BCUT2D eigenvalue weighted by Crippen LogP contribution is -2.16. The highest BCUT2D eigenvalue weighted by molar-refractivity contribution is 5.82. The average molecular weight is 131 g/mol. The molecule has 0 aromatic heterocycles. The van der Waals surface area contributed by atoms with E-state index in [0.29, 0.717) is 19.4 Å². The van der Waals surface area contributed by atoms with Crippen LogP contribution in [0.1, 0.15) is 19.8 Å². The average Bonchev–Trinajstić information content (AvgIpc) is 1.82. The topological polar surface area (TPSA) is 63.3 Å². The summed E-state index contributed by atoms with van der Waals surface area (Å²) < 4.78 is 0. The Morgan fingerprint density at radius 1 is 1.78 bits per heavy atom. The molecule has 0 aliphatic carbocycles. The van der Waals surface area contributed by atoms with Crippen molar-refractivity contribution in [3.05, 3.63) is 0 Å². The van der Waals surface area contributed by atoms with Crippen LogP contribution in [0, 0.1) is 0 Å². The highest BCUT2D eigenvalue weighted by Gasteiger charge is 2.06. The van der Waals surface area contributed by atoms with Crippen LogP contribution in [0.25, 0.3) is 0 Å². The van der Waals surface area contributed by atoms with Crippen LogP contribution in [0.5, 0.6) is 0 Å². The summed E-state index contributed by atoms with van der Waals surface area (Å²) in [5.74, 6) is -0.125. The lowest BCUT2D eigenvalue weighted by atomic mass is 10.1. The largest absolute Gasteiger partial charge is 0.386 e. The second kappa shape index (κ2) is 4.47. The Morgan fingerprint density at radius 2 is 2.33 bits per heavy atom. The Kier molecular flexibility index (Phi) is 4.26. The molecule has 3 nitrogen and oxygen atoms in total. The minimum Gasteiger partial charge on any atom is -0.386 e. The molecule has 0 heterocycles. The van der Waals surface area contributed by atoms with Gasteiger partial charge in [0.2, 0.25) is 0 Å². The Hall–Kier alpha value is -0.410. The van der Waals surface area contributed by atoms with E-state index in [1.165, 1.54) is 6.92 Å². The van der Waals surface area contributed by atoms with Crippen LogP contribution in [0.2, 0.25) is 0 Å². The number of aliphatic hydroxyl groups excluding tert-OH is 1. The standard InChI is InChI=1S/C6H13NO2/c1-5(8)6(9)3-2-4-7/h5,8H,2-4,7H2,1H3. The lowest BCUT2D eigenvalue weighted by Gasteiger charge is -1.99. The molecule has 0 aromatic carbocycles. The summed E-state index contributed by atoms with van der Waals surface area (Å²) in [6.45, 7) is 1.98. The van der Waals surface area contributed by atoms with E-state index in [4.69, 9.17) is 10.8 Å². The second-order valence-electron chi connectivity index (χ2n) is 2.03. The quantitative estimate of drug-likeness (QED) is 0.549. The van der Waals surface area contributed by atoms with E-state index in [1.54, 1.807) is 0 Å². The molecule has 0 bridgehead atoms. The zero-order chi connectivity index (χ0) is 7.28. The molecule has 3 N–H and O–H groups in total. The molecule has 0 rings (SSSR count). The monoisotopic (exact) mass is 131 g/mol. The van der Waals surface area contributed by atoms with E-state index in [9.17, 15) is 4.79 Å². The first-order valence-electron chi connectivity index (χ1n) is 3.09. The molecule has 0 aliphatic heterocycles. The van der Waals surface area contributed by atoms with Gasteiger partial charge in [-0.2, -0.15) is 0 Å². The molecule has 0 amide bonds. The van der Waals surface area contributed by atoms with Crippen molar-refractivity contribution in [3.63, 3.8) is 0 Å². The maximum Gasteiger partial charge on any atom is 0.161 e. The van der Waals surface area contributed by atoms with Gasteiger partial charge in [-0.05, 0) is 19.9 Å². The minimum absolute atomic E-state index is 0.125. The third-order valence-electron chi connectivity index (χ3n) is 1.09. The van der Waals surface area contributed by atoms with Gasteiger partial charge in [0.15, 0.2) is 5.78 Å². The SMILES string of the molecule is CC(O)C(=O)CCCN. The van der Waals surface area contributed by atoms with Crippen LogP contribution in [-0.4, -0.2) is 23.5 Å². The van der Waals surface area contributed by atoms with Crippen molar-refractivity contribution in [2.75, 3.05) is 6.54 Å². The number of carbonyl (C=O) groups excluding carboxylic acids is 1. The smallest absolute Gasteiger partial charge is 0.161 e. The number of carbonyl (C=O) groups is 1. The van der Waals surface area contributed by atoms with Gasteiger partial charge in [-0.25, -0.2) is 0 Å². The van der Waals surface area contributed by atoms with Crippen LogP contribution in [-0.2, 0) is 4.79 Å². The Bertz CT molecular complexity index is 91.1. The molecule has 9 heavy (non-hydrogen) atoms. The van der Waals surface area contributed by atoms with Crippen molar-refractivity contribution < 1.29 is 9.90 Å². The summed E-state index contributed by atoms with van der Waals surface area (Å²) >= 11 is 0. The first kappa shape index (κ1) is 8.59. The molecule has 0 saturated heterocycles. The van der Waals surface area contributed by atoms with Gasteiger partial charge in [0.05, 0.1) is 0 Å². The van der Waals surface area contributed by atoms with Gasteiger partial charge in [0.25, 0.3) is 0 Å². The molecular weight excluding hydrogens is 118 g/mol. The van der Waals surface area contributed by atoms with E-state index in [1.807, 2.05) is 0 Å². The molecule has 0 aliphatic rings. The summed E-state index contributed by atoms with van der Waals surface area (Å²) in [6.07, 6.45) is 0.245. The molecule has 1 atom stereocenters. The van der Waals surface area contributed by atoms with Crippen LogP contribution in [0.15, 0.2) is 0 Å². The van der Waals surface area contributed by atoms with Crippen LogP contribution >= 0.6 is 0 Å².